The molecule has 15 heavy (non-hydrogen) atoms. The van der Waals surface area contributed by atoms with Crippen LogP contribution in [0.2, 0.25) is 0 Å². The molecule has 0 aliphatic carbocycles. The summed E-state index contributed by atoms with van der Waals surface area (Å²) in [6, 6.07) is 4.87. The zero-order valence-electron chi connectivity index (χ0n) is 7.96. The maximum absolute atomic E-state index is 9.61. The monoisotopic (exact) mass is 212 g/mol. The SMILES string of the molecule is OC[C@@H](O)[C@H](O)c1ccc2c(c1)OCO2. The highest BCUT2D eigenvalue weighted by atomic mass is 16.7. The fourth-order valence-corrected chi connectivity index (χ4v) is 1.42. The van der Waals surface area contributed by atoms with Gasteiger partial charge in [-0.2, -0.15) is 0 Å². The summed E-state index contributed by atoms with van der Waals surface area (Å²) >= 11 is 0. The van der Waals surface area contributed by atoms with Crippen molar-refractivity contribution in [3.63, 3.8) is 0 Å². The van der Waals surface area contributed by atoms with E-state index < -0.39 is 18.8 Å². The van der Waals surface area contributed by atoms with Crippen LogP contribution in [-0.4, -0.2) is 34.8 Å². The first-order valence-electron chi connectivity index (χ1n) is 4.59. The standard InChI is InChI=1S/C10H12O5/c11-4-7(12)10(13)6-1-2-8-9(3-6)15-5-14-8/h1-3,7,10-13H,4-5H2/t7-,10-/m1/s1. The highest BCUT2D eigenvalue weighted by molar-refractivity contribution is 5.45. The van der Waals surface area contributed by atoms with E-state index in [9.17, 15) is 10.2 Å². The normalized spacial score (nSPS) is 17.5. The van der Waals surface area contributed by atoms with Crippen molar-refractivity contribution in [2.75, 3.05) is 13.4 Å². The summed E-state index contributed by atoms with van der Waals surface area (Å²) in [5, 5.41) is 27.6. The van der Waals surface area contributed by atoms with Crippen molar-refractivity contribution in [1.29, 1.82) is 0 Å². The van der Waals surface area contributed by atoms with Gasteiger partial charge in [0.25, 0.3) is 0 Å². The zero-order valence-corrected chi connectivity index (χ0v) is 7.96. The number of benzene rings is 1. The zero-order chi connectivity index (χ0) is 10.8. The average molecular weight is 212 g/mol. The number of aliphatic hydroxyl groups excluding tert-OH is 3. The third kappa shape index (κ3) is 1.90. The fraction of sp³-hybridized carbons (Fsp3) is 0.400. The first kappa shape index (κ1) is 10.2. The van der Waals surface area contributed by atoms with E-state index in [1.54, 1.807) is 18.2 Å². The van der Waals surface area contributed by atoms with Gasteiger partial charge in [-0.3, -0.25) is 0 Å². The Labute approximate surface area is 86.5 Å². The molecule has 0 saturated carbocycles. The molecular formula is C10H12O5. The smallest absolute Gasteiger partial charge is 0.231 e. The third-order valence-corrected chi connectivity index (χ3v) is 2.29. The highest BCUT2D eigenvalue weighted by Crippen LogP contribution is 2.34. The molecule has 0 saturated heterocycles. The molecule has 5 nitrogen and oxygen atoms in total. The second-order valence-corrected chi connectivity index (χ2v) is 3.31. The number of aliphatic hydroxyl groups is 3. The predicted molar refractivity (Wildman–Crippen MR) is 50.6 cm³/mol. The van der Waals surface area contributed by atoms with Gasteiger partial charge >= 0.3 is 0 Å². The van der Waals surface area contributed by atoms with Crippen molar-refractivity contribution in [1.82, 2.24) is 0 Å². The number of hydrogen-bond donors (Lipinski definition) is 3. The minimum atomic E-state index is -1.19. The van der Waals surface area contributed by atoms with Gasteiger partial charge in [0, 0.05) is 0 Å². The van der Waals surface area contributed by atoms with Crippen molar-refractivity contribution >= 4 is 0 Å². The molecule has 0 radical (unpaired) electrons. The summed E-state index contributed by atoms with van der Waals surface area (Å²) in [5.74, 6) is 1.15. The maximum atomic E-state index is 9.61. The van der Waals surface area contributed by atoms with E-state index in [4.69, 9.17) is 14.6 Å². The second-order valence-electron chi connectivity index (χ2n) is 3.31. The second kappa shape index (κ2) is 4.06. The molecule has 0 amide bonds. The summed E-state index contributed by atoms with van der Waals surface area (Å²) < 4.78 is 10.2. The van der Waals surface area contributed by atoms with Gasteiger partial charge in [0.1, 0.15) is 12.2 Å². The van der Waals surface area contributed by atoms with Crippen LogP contribution in [-0.2, 0) is 0 Å². The van der Waals surface area contributed by atoms with Crippen molar-refractivity contribution in [3.05, 3.63) is 23.8 Å². The maximum Gasteiger partial charge on any atom is 0.231 e. The Morgan fingerprint density at radius 1 is 1.20 bits per heavy atom. The van der Waals surface area contributed by atoms with Gasteiger partial charge in [0.05, 0.1) is 6.61 Å². The molecule has 1 aromatic carbocycles. The molecule has 0 aromatic heterocycles. The minimum Gasteiger partial charge on any atom is -0.454 e. The van der Waals surface area contributed by atoms with Gasteiger partial charge in [0.2, 0.25) is 6.79 Å². The van der Waals surface area contributed by atoms with Crippen molar-refractivity contribution < 1.29 is 24.8 Å². The van der Waals surface area contributed by atoms with Crippen LogP contribution >= 0.6 is 0 Å². The average Bonchev–Trinajstić information content (AvgIpc) is 2.73. The lowest BCUT2D eigenvalue weighted by atomic mass is 10.0. The molecule has 1 aliphatic heterocycles. The van der Waals surface area contributed by atoms with E-state index in [0.29, 0.717) is 17.1 Å². The predicted octanol–water partition coefficient (Wildman–Crippen LogP) is -0.198. The molecule has 1 aliphatic rings. The van der Waals surface area contributed by atoms with Crippen LogP contribution in [0.25, 0.3) is 0 Å². The Bertz CT molecular complexity index is 352. The van der Waals surface area contributed by atoms with Crippen molar-refractivity contribution in [2.24, 2.45) is 0 Å². The van der Waals surface area contributed by atoms with Crippen molar-refractivity contribution in [3.8, 4) is 11.5 Å². The van der Waals surface area contributed by atoms with Crippen LogP contribution in [0.15, 0.2) is 18.2 Å². The molecule has 3 N–H and O–H groups in total. The summed E-state index contributed by atoms with van der Waals surface area (Å²) in [7, 11) is 0. The van der Waals surface area contributed by atoms with Crippen molar-refractivity contribution in [2.45, 2.75) is 12.2 Å². The summed E-state index contributed by atoms with van der Waals surface area (Å²) in [4.78, 5) is 0. The Balaban J connectivity index is 2.22. The molecule has 0 fully saturated rings. The van der Waals surface area contributed by atoms with Crippen LogP contribution < -0.4 is 9.47 Å². The van der Waals surface area contributed by atoms with Gasteiger partial charge in [0.15, 0.2) is 11.5 Å². The highest BCUT2D eigenvalue weighted by Gasteiger charge is 2.21. The van der Waals surface area contributed by atoms with Gasteiger partial charge < -0.3 is 24.8 Å². The fourth-order valence-electron chi connectivity index (χ4n) is 1.42. The lowest BCUT2D eigenvalue weighted by molar-refractivity contribution is -0.0153. The van der Waals surface area contributed by atoms with E-state index in [1.165, 1.54) is 0 Å². The minimum absolute atomic E-state index is 0.164. The van der Waals surface area contributed by atoms with Crippen LogP contribution in [0.1, 0.15) is 11.7 Å². The largest absolute Gasteiger partial charge is 0.454 e. The molecule has 0 spiro atoms. The van der Waals surface area contributed by atoms with E-state index >= 15 is 0 Å². The van der Waals surface area contributed by atoms with E-state index in [-0.39, 0.29) is 6.79 Å². The molecule has 5 heteroatoms. The lowest BCUT2D eigenvalue weighted by Crippen LogP contribution is -2.21. The summed E-state index contributed by atoms with van der Waals surface area (Å²) in [6.07, 6.45) is -2.31. The van der Waals surface area contributed by atoms with Gasteiger partial charge in [-0.05, 0) is 17.7 Å². The lowest BCUT2D eigenvalue weighted by Gasteiger charge is -2.15. The molecule has 2 rings (SSSR count). The Morgan fingerprint density at radius 3 is 2.67 bits per heavy atom. The van der Waals surface area contributed by atoms with Gasteiger partial charge in [-0.15, -0.1) is 0 Å². The van der Waals surface area contributed by atoms with Crippen LogP contribution in [0.4, 0.5) is 0 Å². The van der Waals surface area contributed by atoms with Gasteiger partial charge in [-0.25, -0.2) is 0 Å². The quantitative estimate of drug-likeness (QED) is 0.646. The molecule has 0 unspecified atom stereocenters. The van der Waals surface area contributed by atoms with E-state index in [2.05, 4.69) is 0 Å². The number of hydrogen-bond acceptors (Lipinski definition) is 5. The molecule has 82 valence electrons. The first-order chi connectivity index (χ1) is 7.22. The number of fused-ring (bicyclic) bond motifs is 1. The van der Waals surface area contributed by atoms with Crippen LogP contribution in [0.3, 0.4) is 0 Å². The number of rotatable bonds is 3. The molecule has 1 aromatic rings. The third-order valence-electron chi connectivity index (χ3n) is 2.29. The van der Waals surface area contributed by atoms with E-state index in [1.807, 2.05) is 0 Å². The first-order valence-corrected chi connectivity index (χ1v) is 4.59. The summed E-state index contributed by atoms with van der Waals surface area (Å²) in [6.45, 7) is -0.326. The van der Waals surface area contributed by atoms with Gasteiger partial charge in [-0.1, -0.05) is 6.07 Å². The Hall–Kier alpha value is -1.30. The molecule has 0 bridgehead atoms. The summed E-state index contributed by atoms with van der Waals surface area (Å²) in [5.41, 5.74) is 0.487. The Kier molecular flexibility index (Phi) is 2.77. The molecule has 2 atom stereocenters. The number of ether oxygens (including phenoxy) is 2. The molecule has 1 heterocycles. The topological polar surface area (TPSA) is 79.2 Å². The Morgan fingerprint density at radius 2 is 1.93 bits per heavy atom. The molecular weight excluding hydrogens is 200 g/mol. The van der Waals surface area contributed by atoms with E-state index in [0.717, 1.165) is 0 Å². The van der Waals surface area contributed by atoms with Crippen LogP contribution in [0, 0.1) is 0 Å². The van der Waals surface area contributed by atoms with Crippen LogP contribution in [0.5, 0.6) is 11.5 Å².